The maximum Gasteiger partial charge on any atom is 0.321 e. The summed E-state index contributed by atoms with van der Waals surface area (Å²) in [5.74, 6) is 0.985. The summed E-state index contributed by atoms with van der Waals surface area (Å²) >= 11 is 1.18. The number of carbonyl (C=O) groups excluding carboxylic acids is 2. The molecular weight excluding hydrogens is 390 g/mol. The Bertz CT molecular complexity index is 835. The Morgan fingerprint density at radius 2 is 2.03 bits per heavy atom. The maximum absolute atomic E-state index is 12.3. The van der Waals surface area contributed by atoms with Crippen molar-refractivity contribution in [2.45, 2.75) is 69.0 Å². The van der Waals surface area contributed by atoms with Crippen LogP contribution in [-0.4, -0.2) is 38.4 Å². The fourth-order valence-electron chi connectivity index (χ4n) is 3.15. The number of hydrogen-bond donors (Lipinski definition) is 3. The SMILES string of the molecule is Cc1ccccc1OCc1nc(S[C@@H](C)C(=O)NC(=O)NC2CCCCC2)n[nH]1. The molecule has 8 nitrogen and oxygen atoms in total. The van der Waals surface area contributed by atoms with Gasteiger partial charge in [-0.3, -0.25) is 15.2 Å². The zero-order valence-corrected chi connectivity index (χ0v) is 17.6. The van der Waals surface area contributed by atoms with Crippen molar-refractivity contribution >= 4 is 23.7 Å². The van der Waals surface area contributed by atoms with Crippen LogP contribution in [0.1, 0.15) is 50.4 Å². The summed E-state index contributed by atoms with van der Waals surface area (Å²) in [6, 6.07) is 7.45. The molecule has 0 radical (unpaired) electrons. The number of benzene rings is 1. The summed E-state index contributed by atoms with van der Waals surface area (Å²) < 4.78 is 5.74. The second kappa shape index (κ2) is 10.3. The molecular formula is C20H27N5O3S. The van der Waals surface area contributed by atoms with Gasteiger partial charge in [-0.05, 0) is 38.3 Å². The minimum Gasteiger partial charge on any atom is -0.485 e. The molecule has 1 saturated carbocycles. The molecule has 156 valence electrons. The van der Waals surface area contributed by atoms with E-state index in [1.807, 2.05) is 31.2 Å². The molecule has 2 aromatic rings. The molecule has 1 fully saturated rings. The predicted octanol–water partition coefficient (Wildman–Crippen LogP) is 3.33. The Kier molecular flexibility index (Phi) is 7.51. The fraction of sp³-hybridized carbons (Fsp3) is 0.500. The first-order valence-electron chi connectivity index (χ1n) is 9.89. The third kappa shape index (κ3) is 6.49. The highest BCUT2D eigenvalue weighted by atomic mass is 32.2. The van der Waals surface area contributed by atoms with Gasteiger partial charge in [-0.15, -0.1) is 5.10 Å². The van der Waals surface area contributed by atoms with Crippen molar-refractivity contribution in [3.05, 3.63) is 35.7 Å². The Hall–Kier alpha value is -2.55. The molecule has 1 aliphatic rings. The van der Waals surface area contributed by atoms with Crippen molar-refractivity contribution in [2.24, 2.45) is 0 Å². The Morgan fingerprint density at radius 3 is 2.79 bits per heavy atom. The van der Waals surface area contributed by atoms with Crippen LogP contribution in [0.4, 0.5) is 4.79 Å². The molecule has 0 bridgehead atoms. The fourth-order valence-corrected chi connectivity index (χ4v) is 3.90. The van der Waals surface area contributed by atoms with Gasteiger partial charge >= 0.3 is 6.03 Å². The number of para-hydroxylation sites is 1. The van der Waals surface area contributed by atoms with E-state index in [4.69, 9.17) is 4.74 Å². The molecule has 9 heteroatoms. The zero-order valence-electron chi connectivity index (χ0n) is 16.7. The van der Waals surface area contributed by atoms with Gasteiger partial charge in [0.25, 0.3) is 0 Å². The van der Waals surface area contributed by atoms with Crippen LogP contribution in [0.2, 0.25) is 0 Å². The van der Waals surface area contributed by atoms with Crippen molar-refractivity contribution in [1.29, 1.82) is 0 Å². The average molecular weight is 418 g/mol. The van der Waals surface area contributed by atoms with Gasteiger partial charge in [0.2, 0.25) is 11.1 Å². The van der Waals surface area contributed by atoms with E-state index in [0.717, 1.165) is 37.0 Å². The number of aromatic amines is 1. The number of ether oxygens (including phenoxy) is 1. The van der Waals surface area contributed by atoms with E-state index in [9.17, 15) is 9.59 Å². The van der Waals surface area contributed by atoms with E-state index in [2.05, 4.69) is 25.8 Å². The number of nitrogens with one attached hydrogen (secondary N) is 3. The topological polar surface area (TPSA) is 109 Å². The molecule has 3 rings (SSSR count). The standard InChI is InChI=1S/C20H27N5O3S/c1-13-8-6-7-11-16(13)28-12-17-22-20(25-24-17)29-14(2)18(26)23-19(27)21-15-9-4-3-5-10-15/h6-8,11,14-15H,3-5,9-10,12H2,1-2H3,(H,22,24,25)(H2,21,23,26,27)/t14-/m0/s1. The molecule has 0 aliphatic heterocycles. The molecule has 1 aromatic carbocycles. The largest absolute Gasteiger partial charge is 0.485 e. The number of urea groups is 1. The van der Waals surface area contributed by atoms with E-state index in [-0.39, 0.29) is 18.6 Å². The van der Waals surface area contributed by atoms with Gasteiger partial charge in [-0.1, -0.05) is 49.2 Å². The molecule has 29 heavy (non-hydrogen) atoms. The highest BCUT2D eigenvalue weighted by Gasteiger charge is 2.21. The second-order valence-electron chi connectivity index (χ2n) is 7.18. The van der Waals surface area contributed by atoms with Gasteiger partial charge in [0.1, 0.15) is 12.4 Å². The third-order valence-electron chi connectivity index (χ3n) is 4.80. The van der Waals surface area contributed by atoms with Gasteiger partial charge in [-0.2, -0.15) is 0 Å². The molecule has 0 spiro atoms. The van der Waals surface area contributed by atoms with Crippen LogP contribution in [0, 0.1) is 6.92 Å². The third-order valence-corrected chi connectivity index (χ3v) is 5.76. The number of aromatic nitrogens is 3. The summed E-state index contributed by atoms with van der Waals surface area (Å²) in [7, 11) is 0. The van der Waals surface area contributed by atoms with Gasteiger partial charge < -0.3 is 10.1 Å². The number of carbonyl (C=O) groups is 2. The maximum atomic E-state index is 12.3. The van der Waals surface area contributed by atoms with Crippen LogP contribution in [0.25, 0.3) is 0 Å². The predicted molar refractivity (Wildman–Crippen MR) is 111 cm³/mol. The number of nitrogens with zero attached hydrogens (tertiary/aromatic N) is 2. The van der Waals surface area contributed by atoms with Crippen molar-refractivity contribution in [2.75, 3.05) is 0 Å². The van der Waals surface area contributed by atoms with Crippen LogP contribution in [-0.2, 0) is 11.4 Å². The Morgan fingerprint density at radius 1 is 1.28 bits per heavy atom. The number of H-pyrrole nitrogens is 1. The monoisotopic (exact) mass is 417 g/mol. The molecule has 0 unspecified atom stereocenters. The lowest BCUT2D eigenvalue weighted by Crippen LogP contribution is -2.47. The van der Waals surface area contributed by atoms with Crippen LogP contribution < -0.4 is 15.4 Å². The van der Waals surface area contributed by atoms with Crippen LogP contribution in [0.5, 0.6) is 5.75 Å². The Balaban J connectivity index is 1.44. The highest BCUT2D eigenvalue weighted by Crippen LogP contribution is 2.21. The smallest absolute Gasteiger partial charge is 0.321 e. The first kappa shape index (κ1) is 21.2. The molecule has 1 atom stereocenters. The van der Waals surface area contributed by atoms with E-state index < -0.39 is 11.3 Å². The minimum atomic E-state index is -0.506. The molecule has 1 aromatic heterocycles. The molecule has 3 N–H and O–H groups in total. The summed E-state index contributed by atoms with van der Waals surface area (Å²) in [4.78, 5) is 28.6. The average Bonchev–Trinajstić information content (AvgIpc) is 3.15. The highest BCUT2D eigenvalue weighted by molar-refractivity contribution is 8.00. The normalized spacial score (nSPS) is 15.5. The quantitative estimate of drug-likeness (QED) is 0.596. The number of thioether (sulfide) groups is 1. The van der Waals surface area contributed by atoms with Crippen molar-refractivity contribution < 1.29 is 14.3 Å². The lowest BCUT2D eigenvalue weighted by molar-refractivity contribution is -0.119. The first-order valence-corrected chi connectivity index (χ1v) is 10.8. The molecule has 3 amide bonds. The summed E-state index contributed by atoms with van der Waals surface area (Å²) in [5, 5.41) is 12.1. The number of amides is 3. The van der Waals surface area contributed by atoms with E-state index >= 15 is 0 Å². The first-order chi connectivity index (χ1) is 14.0. The second-order valence-corrected chi connectivity index (χ2v) is 8.48. The van der Waals surface area contributed by atoms with Crippen LogP contribution >= 0.6 is 11.8 Å². The molecule has 0 saturated heterocycles. The van der Waals surface area contributed by atoms with Gasteiger partial charge in [-0.25, -0.2) is 9.78 Å². The lowest BCUT2D eigenvalue weighted by atomic mass is 9.96. The molecule has 1 heterocycles. The van der Waals surface area contributed by atoms with Crippen LogP contribution in [0.3, 0.4) is 0 Å². The van der Waals surface area contributed by atoms with Gasteiger partial charge in [0.15, 0.2) is 5.82 Å². The van der Waals surface area contributed by atoms with Crippen molar-refractivity contribution in [3.63, 3.8) is 0 Å². The van der Waals surface area contributed by atoms with E-state index in [1.54, 1.807) is 6.92 Å². The number of hydrogen-bond acceptors (Lipinski definition) is 6. The minimum absolute atomic E-state index is 0.156. The van der Waals surface area contributed by atoms with Gasteiger partial charge in [0, 0.05) is 6.04 Å². The summed E-state index contributed by atoms with van der Waals surface area (Å²) in [5.41, 5.74) is 1.04. The van der Waals surface area contributed by atoms with Crippen molar-refractivity contribution in [1.82, 2.24) is 25.8 Å². The van der Waals surface area contributed by atoms with E-state index in [1.165, 1.54) is 18.2 Å². The van der Waals surface area contributed by atoms with E-state index in [0.29, 0.717) is 11.0 Å². The zero-order chi connectivity index (χ0) is 20.6. The number of aryl methyl sites for hydroxylation is 1. The number of rotatable bonds is 7. The lowest BCUT2D eigenvalue weighted by Gasteiger charge is -2.22. The summed E-state index contributed by atoms with van der Waals surface area (Å²) in [6.07, 6.45) is 5.38. The van der Waals surface area contributed by atoms with Gasteiger partial charge in [0.05, 0.1) is 5.25 Å². The molecule has 1 aliphatic carbocycles. The van der Waals surface area contributed by atoms with Crippen molar-refractivity contribution in [3.8, 4) is 5.75 Å². The van der Waals surface area contributed by atoms with Crippen LogP contribution in [0.15, 0.2) is 29.4 Å². The Labute approximate surface area is 174 Å². The summed E-state index contributed by atoms with van der Waals surface area (Å²) in [6.45, 7) is 3.94. The number of imide groups is 1.